The van der Waals surface area contributed by atoms with Gasteiger partial charge in [0.25, 0.3) is 5.91 Å². The number of phenolic OH excluding ortho intramolecular Hbond substituents is 1. The van der Waals surface area contributed by atoms with Gasteiger partial charge < -0.3 is 15.4 Å². The van der Waals surface area contributed by atoms with Crippen molar-refractivity contribution in [2.45, 2.75) is 13.5 Å². The number of carbonyl (C=O) groups excluding carboxylic acids is 1. The van der Waals surface area contributed by atoms with E-state index in [0.717, 1.165) is 16.7 Å². The molecule has 0 bridgehead atoms. The number of rotatable bonds is 5. The van der Waals surface area contributed by atoms with Crippen molar-refractivity contribution in [3.63, 3.8) is 0 Å². The molecule has 3 aromatic carbocycles. The summed E-state index contributed by atoms with van der Waals surface area (Å²) in [5, 5.41) is 12.6. The molecule has 6 heteroatoms. The molecular formula is C25H21N3O3. The molecule has 0 radical (unpaired) electrons. The summed E-state index contributed by atoms with van der Waals surface area (Å²) in [6, 6.07) is 23.6. The minimum atomic E-state index is -0.470. The number of aromatic nitrogens is 2. The van der Waals surface area contributed by atoms with Crippen LogP contribution in [0.5, 0.6) is 5.75 Å². The zero-order valence-electron chi connectivity index (χ0n) is 16.9. The van der Waals surface area contributed by atoms with Crippen molar-refractivity contribution < 1.29 is 9.90 Å². The molecule has 0 saturated heterocycles. The third-order valence-corrected chi connectivity index (χ3v) is 4.99. The molecule has 4 aromatic rings. The predicted octanol–water partition coefficient (Wildman–Crippen LogP) is 4.05. The number of nitrogens with zero attached hydrogens (tertiary/aromatic N) is 1. The Kier molecular flexibility index (Phi) is 5.62. The zero-order chi connectivity index (χ0) is 21.8. The van der Waals surface area contributed by atoms with Gasteiger partial charge in [0.2, 0.25) is 0 Å². The normalized spacial score (nSPS) is 10.6. The van der Waals surface area contributed by atoms with E-state index in [1.54, 1.807) is 55.5 Å². The van der Waals surface area contributed by atoms with Crippen LogP contribution in [0.2, 0.25) is 0 Å². The lowest BCUT2D eigenvalue weighted by molar-refractivity contribution is 0.0951. The summed E-state index contributed by atoms with van der Waals surface area (Å²) in [7, 11) is 0. The molecule has 0 saturated carbocycles. The first-order chi connectivity index (χ1) is 15.0. The third-order valence-electron chi connectivity index (χ3n) is 4.99. The standard InChI is InChI=1S/C25H21N3O3/c1-16-13-20(11-12-23(16)29)22-14-21(27-25(31)28-22)18-7-9-19(10-8-18)24(30)26-15-17-5-3-2-4-6-17/h2-14,29H,15H2,1H3,(H,26,30)(H,27,28,31). The van der Waals surface area contributed by atoms with E-state index < -0.39 is 5.69 Å². The lowest BCUT2D eigenvalue weighted by Gasteiger charge is -2.08. The Morgan fingerprint density at radius 2 is 1.68 bits per heavy atom. The Morgan fingerprint density at radius 3 is 2.39 bits per heavy atom. The monoisotopic (exact) mass is 411 g/mol. The summed E-state index contributed by atoms with van der Waals surface area (Å²) in [6.45, 7) is 2.24. The van der Waals surface area contributed by atoms with Crippen LogP contribution in [0.25, 0.3) is 22.5 Å². The number of nitrogens with one attached hydrogen (secondary N) is 2. The average molecular weight is 411 g/mol. The highest BCUT2D eigenvalue weighted by atomic mass is 16.3. The maximum absolute atomic E-state index is 12.4. The quantitative estimate of drug-likeness (QED) is 0.462. The maximum atomic E-state index is 12.4. The SMILES string of the molecule is Cc1cc(-c2cc(-c3ccc(C(=O)NCc4ccccc4)cc3)[nH]c(=O)n2)ccc1O. The van der Waals surface area contributed by atoms with Crippen LogP contribution in [-0.4, -0.2) is 21.0 Å². The minimum absolute atomic E-state index is 0.168. The van der Waals surface area contributed by atoms with Crippen LogP contribution in [-0.2, 0) is 6.54 Å². The van der Waals surface area contributed by atoms with Gasteiger partial charge in [-0.05, 0) is 60.0 Å². The molecular weight excluding hydrogens is 390 g/mol. The Morgan fingerprint density at radius 1 is 0.968 bits per heavy atom. The number of phenols is 1. The van der Waals surface area contributed by atoms with Gasteiger partial charge in [-0.2, -0.15) is 4.98 Å². The van der Waals surface area contributed by atoms with Crippen molar-refractivity contribution in [1.82, 2.24) is 15.3 Å². The fraction of sp³-hybridized carbons (Fsp3) is 0.0800. The summed E-state index contributed by atoms with van der Waals surface area (Å²) >= 11 is 0. The fourth-order valence-corrected chi connectivity index (χ4v) is 3.26. The van der Waals surface area contributed by atoms with E-state index >= 15 is 0 Å². The topological polar surface area (TPSA) is 95.1 Å². The van der Waals surface area contributed by atoms with Gasteiger partial charge in [-0.15, -0.1) is 0 Å². The zero-order valence-corrected chi connectivity index (χ0v) is 16.9. The smallest absolute Gasteiger partial charge is 0.345 e. The van der Waals surface area contributed by atoms with Gasteiger partial charge in [0.05, 0.1) is 11.4 Å². The number of carbonyl (C=O) groups is 1. The molecule has 0 fully saturated rings. The second-order valence-electron chi connectivity index (χ2n) is 7.23. The van der Waals surface area contributed by atoms with E-state index in [0.29, 0.717) is 29.1 Å². The Labute approximate surface area is 179 Å². The second-order valence-corrected chi connectivity index (χ2v) is 7.23. The molecule has 0 aliphatic carbocycles. The number of amides is 1. The highest BCUT2D eigenvalue weighted by molar-refractivity contribution is 5.94. The molecule has 0 spiro atoms. The molecule has 1 aromatic heterocycles. The summed E-state index contributed by atoms with van der Waals surface area (Å²) < 4.78 is 0. The molecule has 3 N–H and O–H groups in total. The number of aromatic hydroxyl groups is 1. The van der Waals surface area contributed by atoms with Crippen molar-refractivity contribution in [3.8, 4) is 28.3 Å². The highest BCUT2D eigenvalue weighted by Gasteiger charge is 2.09. The lowest BCUT2D eigenvalue weighted by atomic mass is 10.0. The maximum Gasteiger partial charge on any atom is 0.345 e. The first-order valence-corrected chi connectivity index (χ1v) is 9.83. The van der Waals surface area contributed by atoms with Gasteiger partial charge in [0, 0.05) is 17.7 Å². The molecule has 4 rings (SSSR count). The summed E-state index contributed by atoms with van der Waals surface area (Å²) in [5.74, 6) is 0.0221. The van der Waals surface area contributed by atoms with E-state index in [1.165, 1.54) is 0 Å². The molecule has 0 aliphatic heterocycles. The van der Waals surface area contributed by atoms with Crippen LogP contribution in [0.1, 0.15) is 21.5 Å². The number of hydrogen-bond acceptors (Lipinski definition) is 4. The Balaban J connectivity index is 1.54. The predicted molar refractivity (Wildman–Crippen MR) is 120 cm³/mol. The van der Waals surface area contributed by atoms with Crippen LogP contribution < -0.4 is 11.0 Å². The van der Waals surface area contributed by atoms with Gasteiger partial charge in [-0.25, -0.2) is 4.79 Å². The molecule has 1 amide bonds. The van der Waals surface area contributed by atoms with Crippen molar-refractivity contribution in [2.24, 2.45) is 0 Å². The van der Waals surface area contributed by atoms with Gasteiger partial charge in [-0.1, -0.05) is 42.5 Å². The summed E-state index contributed by atoms with van der Waals surface area (Å²) in [6.07, 6.45) is 0. The van der Waals surface area contributed by atoms with E-state index in [2.05, 4.69) is 15.3 Å². The van der Waals surface area contributed by atoms with Gasteiger partial charge in [0.1, 0.15) is 5.75 Å². The van der Waals surface area contributed by atoms with Crippen molar-refractivity contribution in [3.05, 3.63) is 106 Å². The lowest BCUT2D eigenvalue weighted by Crippen LogP contribution is -2.22. The molecule has 6 nitrogen and oxygen atoms in total. The van der Waals surface area contributed by atoms with Gasteiger partial charge in [-0.3, -0.25) is 4.79 Å². The van der Waals surface area contributed by atoms with Gasteiger partial charge >= 0.3 is 5.69 Å². The number of hydrogen-bond donors (Lipinski definition) is 3. The van der Waals surface area contributed by atoms with E-state index in [9.17, 15) is 14.7 Å². The van der Waals surface area contributed by atoms with E-state index in [1.807, 2.05) is 30.3 Å². The van der Waals surface area contributed by atoms with Crippen LogP contribution in [0, 0.1) is 6.92 Å². The number of benzene rings is 3. The fourth-order valence-electron chi connectivity index (χ4n) is 3.26. The van der Waals surface area contributed by atoms with Crippen molar-refractivity contribution >= 4 is 5.91 Å². The first-order valence-electron chi connectivity index (χ1n) is 9.83. The second kappa shape index (κ2) is 8.67. The Hall–Kier alpha value is -4.19. The number of H-pyrrole nitrogens is 1. The van der Waals surface area contributed by atoms with Crippen molar-refractivity contribution in [2.75, 3.05) is 0 Å². The number of aryl methyl sites for hydroxylation is 1. The first kappa shape index (κ1) is 20.1. The largest absolute Gasteiger partial charge is 0.508 e. The van der Waals surface area contributed by atoms with E-state index in [-0.39, 0.29) is 11.7 Å². The molecule has 154 valence electrons. The molecule has 31 heavy (non-hydrogen) atoms. The molecule has 1 heterocycles. The molecule has 0 atom stereocenters. The summed E-state index contributed by atoms with van der Waals surface area (Å²) in [4.78, 5) is 31.3. The Bertz CT molecular complexity index is 1280. The van der Waals surface area contributed by atoms with Crippen LogP contribution in [0.4, 0.5) is 0 Å². The minimum Gasteiger partial charge on any atom is -0.508 e. The highest BCUT2D eigenvalue weighted by Crippen LogP contribution is 2.26. The number of aromatic amines is 1. The molecule has 0 unspecified atom stereocenters. The molecule has 0 aliphatic rings. The average Bonchev–Trinajstić information content (AvgIpc) is 2.79. The van der Waals surface area contributed by atoms with Crippen LogP contribution in [0.15, 0.2) is 83.7 Å². The van der Waals surface area contributed by atoms with Gasteiger partial charge in [0.15, 0.2) is 0 Å². The third kappa shape index (κ3) is 4.70. The van der Waals surface area contributed by atoms with E-state index in [4.69, 9.17) is 0 Å². The van der Waals surface area contributed by atoms with Crippen molar-refractivity contribution in [1.29, 1.82) is 0 Å². The van der Waals surface area contributed by atoms with Crippen LogP contribution in [0.3, 0.4) is 0 Å². The summed E-state index contributed by atoms with van der Waals surface area (Å²) in [5.41, 5.74) is 4.39. The van der Waals surface area contributed by atoms with Crippen LogP contribution >= 0.6 is 0 Å².